The lowest BCUT2D eigenvalue weighted by molar-refractivity contribution is -0.115. The summed E-state index contributed by atoms with van der Waals surface area (Å²) in [5.74, 6) is 1.53. The monoisotopic (exact) mass is 336 g/mol. The van der Waals surface area contributed by atoms with E-state index in [1.165, 1.54) is 16.9 Å². The van der Waals surface area contributed by atoms with Crippen LogP contribution >= 0.6 is 34.7 Å². The first-order valence-corrected chi connectivity index (χ1v) is 8.70. The fourth-order valence-electron chi connectivity index (χ4n) is 1.62. The highest BCUT2D eigenvalue weighted by atomic mass is 35.5. The average molecular weight is 337 g/mol. The van der Waals surface area contributed by atoms with Gasteiger partial charge in [0, 0.05) is 22.9 Å². The zero-order valence-electron chi connectivity index (χ0n) is 11.1. The van der Waals surface area contributed by atoms with Crippen LogP contribution in [0.25, 0.3) is 0 Å². The molecule has 2 aromatic rings. The van der Waals surface area contributed by atoms with Gasteiger partial charge in [0.05, 0.1) is 5.56 Å². The van der Waals surface area contributed by atoms with Crippen molar-refractivity contribution in [2.24, 2.45) is 0 Å². The Labute approximate surface area is 136 Å². The molecule has 0 bridgehead atoms. The number of nitriles is 1. The molecule has 2 rings (SSSR count). The molecular formula is C15H13ClN2OS2. The van der Waals surface area contributed by atoms with E-state index >= 15 is 0 Å². The molecule has 0 saturated carbocycles. The smallest absolute Gasteiger partial charge is 0.225 e. The van der Waals surface area contributed by atoms with Crippen LogP contribution in [-0.2, 0) is 10.5 Å². The highest BCUT2D eigenvalue weighted by Crippen LogP contribution is 2.22. The van der Waals surface area contributed by atoms with Crippen LogP contribution in [0.15, 0.2) is 35.7 Å². The van der Waals surface area contributed by atoms with E-state index in [-0.39, 0.29) is 5.91 Å². The fraction of sp³-hybridized carbons (Fsp3) is 0.200. The Kier molecular flexibility index (Phi) is 6.12. The molecule has 0 aliphatic rings. The van der Waals surface area contributed by atoms with E-state index in [9.17, 15) is 4.79 Å². The van der Waals surface area contributed by atoms with Crippen molar-refractivity contribution in [3.63, 3.8) is 0 Å². The average Bonchev–Trinajstić information content (AvgIpc) is 2.92. The normalized spacial score (nSPS) is 10.1. The summed E-state index contributed by atoms with van der Waals surface area (Å²) >= 11 is 8.89. The number of nitrogens with zero attached hydrogens (tertiary/aromatic N) is 1. The van der Waals surface area contributed by atoms with Gasteiger partial charge in [-0.15, -0.1) is 11.3 Å². The molecule has 0 radical (unpaired) electrons. The molecule has 108 valence electrons. The third-order valence-electron chi connectivity index (χ3n) is 2.69. The molecule has 1 aromatic carbocycles. The number of anilines is 1. The van der Waals surface area contributed by atoms with Crippen LogP contribution < -0.4 is 5.32 Å². The van der Waals surface area contributed by atoms with Gasteiger partial charge >= 0.3 is 0 Å². The first-order chi connectivity index (χ1) is 10.2. The Balaban J connectivity index is 1.70. The Morgan fingerprint density at radius 3 is 2.81 bits per heavy atom. The summed E-state index contributed by atoms with van der Waals surface area (Å²) in [4.78, 5) is 11.8. The number of carbonyl (C=O) groups excluding carboxylic acids is 1. The Morgan fingerprint density at radius 2 is 2.10 bits per heavy atom. The highest BCUT2D eigenvalue weighted by Gasteiger charge is 2.07. The van der Waals surface area contributed by atoms with Crippen LogP contribution in [0.3, 0.4) is 0 Å². The summed E-state index contributed by atoms with van der Waals surface area (Å²) in [5, 5.41) is 14.8. The van der Waals surface area contributed by atoms with Crippen LogP contribution in [0.5, 0.6) is 0 Å². The van der Waals surface area contributed by atoms with Crippen molar-refractivity contribution < 1.29 is 4.79 Å². The lowest BCUT2D eigenvalue weighted by Gasteiger charge is -2.04. The standard InChI is InChI=1S/C15H13ClN2OS2/c16-13-3-1-11(2-4-13)10-20-7-6-14(19)18-15-12(9-17)5-8-21-15/h1-5,8H,6-7,10H2,(H,18,19). The maximum Gasteiger partial charge on any atom is 0.225 e. The Hall–Kier alpha value is -1.48. The topological polar surface area (TPSA) is 52.9 Å². The van der Waals surface area contributed by atoms with E-state index in [2.05, 4.69) is 11.4 Å². The number of halogens is 1. The number of carbonyl (C=O) groups is 1. The van der Waals surface area contributed by atoms with Gasteiger partial charge in [0.25, 0.3) is 0 Å². The first-order valence-electron chi connectivity index (χ1n) is 6.28. The molecule has 21 heavy (non-hydrogen) atoms. The minimum absolute atomic E-state index is 0.0578. The van der Waals surface area contributed by atoms with Crippen LogP contribution in [0, 0.1) is 11.3 Å². The van der Waals surface area contributed by atoms with Crippen molar-refractivity contribution >= 4 is 45.6 Å². The van der Waals surface area contributed by atoms with Gasteiger partial charge in [-0.1, -0.05) is 23.7 Å². The van der Waals surface area contributed by atoms with Crippen molar-refractivity contribution in [3.05, 3.63) is 51.9 Å². The highest BCUT2D eigenvalue weighted by molar-refractivity contribution is 7.98. The lowest BCUT2D eigenvalue weighted by Crippen LogP contribution is -2.11. The van der Waals surface area contributed by atoms with E-state index in [0.717, 1.165) is 16.5 Å². The predicted octanol–water partition coefficient (Wildman–Crippen LogP) is 4.54. The summed E-state index contributed by atoms with van der Waals surface area (Å²) in [6.07, 6.45) is 0.432. The molecule has 0 aliphatic heterocycles. The number of hydrogen-bond acceptors (Lipinski definition) is 4. The first kappa shape index (κ1) is 15.9. The van der Waals surface area contributed by atoms with Gasteiger partial charge in [-0.2, -0.15) is 17.0 Å². The minimum atomic E-state index is -0.0578. The number of thioether (sulfide) groups is 1. The van der Waals surface area contributed by atoms with Crippen molar-refractivity contribution in [3.8, 4) is 6.07 Å². The Morgan fingerprint density at radius 1 is 1.33 bits per heavy atom. The Bertz CT molecular complexity index is 646. The van der Waals surface area contributed by atoms with Crippen molar-refractivity contribution in [2.45, 2.75) is 12.2 Å². The van der Waals surface area contributed by atoms with Crippen LogP contribution in [0.2, 0.25) is 5.02 Å². The van der Waals surface area contributed by atoms with Gasteiger partial charge in [-0.05, 0) is 29.1 Å². The number of nitrogens with one attached hydrogen (secondary N) is 1. The maximum absolute atomic E-state index is 11.8. The molecule has 0 saturated heterocycles. The van der Waals surface area contributed by atoms with E-state index in [1.807, 2.05) is 24.3 Å². The number of rotatable bonds is 6. The predicted molar refractivity (Wildman–Crippen MR) is 89.9 cm³/mol. The van der Waals surface area contributed by atoms with E-state index < -0.39 is 0 Å². The van der Waals surface area contributed by atoms with Gasteiger partial charge in [-0.25, -0.2) is 0 Å². The van der Waals surface area contributed by atoms with Gasteiger partial charge in [0.1, 0.15) is 11.1 Å². The van der Waals surface area contributed by atoms with Crippen molar-refractivity contribution in [1.82, 2.24) is 0 Å². The molecule has 0 aliphatic carbocycles. The van der Waals surface area contributed by atoms with Crippen LogP contribution in [0.1, 0.15) is 17.5 Å². The lowest BCUT2D eigenvalue weighted by atomic mass is 10.2. The zero-order chi connectivity index (χ0) is 15.1. The number of amides is 1. The quantitative estimate of drug-likeness (QED) is 0.788. The minimum Gasteiger partial charge on any atom is -0.317 e. The summed E-state index contributed by atoms with van der Waals surface area (Å²) < 4.78 is 0. The van der Waals surface area contributed by atoms with E-state index in [4.69, 9.17) is 16.9 Å². The van der Waals surface area contributed by atoms with Gasteiger partial charge in [-0.3, -0.25) is 4.79 Å². The molecule has 0 fully saturated rings. The molecule has 0 atom stereocenters. The van der Waals surface area contributed by atoms with Crippen molar-refractivity contribution in [2.75, 3.05) is 11.1 Å². The summed E-state index contributed by atoms with van der Waals surface area (Å²) in [6.45, 7) is 0. The molecular weight excluding hydrogens is 324 g/mol. The molecule has 6 heteroatoms. The summed E-state index contributed by atoms with van der Waals surface area (Å²) in [6, 6.07) is 11.5. The fourth-order valence-corrected chi connectivity index (χ4v) is 3.40. The molecule has 1 heterocycles. The van der Waals surface area contributed by atoms with Crippen LogP contribution in [0.4, 0.5) is 5.00 Å². The van der Waals surface area contributed by atoms with Crippen LogP contribution in [-0.4, -0.2) is 11.7 Å². The van der Waals surface area contributed by atoms with Gasteiger partial charge in [0.15, 0.2) is 0 Å². The number of hydrogen-bond donors (Lipinski definition) is 1. The van der Waals surface area contributed by atoms with E-state index in [1.54, 1.807) is 23.2 Å². The third-order valence-corrected chi connectivity index (χ3v) is 4.81. The van der Waals surface area contributed by atoms with Crippen molar-refractivity contribution in [1.29, 1.82) is 5.26 Å². The van der Waals surface area contributed by atoms with Gasteiger partial charge in [0.2, 0.25) is 5.91 Å². The second-order valence-electron chi connectivity index (χ2n) is 4.25. The van der Waals surface area contributed by atoms with E-state index in [0.29, 0.717) is 17.0 Å². The third kappa shape index (κ3) is 5.09. The second kappa shape index (κ2) is 8.08. The molecule has 0 unspecified atom stereocenters. The molecule has 0 spiro atoms. The maximum atomic E-state index is 11.8. The number of thiophene rings is 1. The SMILES string of the molecule is N#Cc1ccsc1NC(=O)CCSCc1ccc(Cl)cc1. The molecule has 1 amide bonds. The summed E-state index contributed by atoms with van der Waals surface area (Å²) in [7, 11) is 0. The van der Waals surface area contributed by atoms with Gasteiger partial charge < -0.3 is 5.32 Å². The zero-order valence-corrected chi connectivity index (χ0v) is 13.5. The molecule has 1 N–H and O–H groups in total. The second-order valence-corrected chi connectivity index (χ2v) is 6.71. The summed E-state index contributed by atoms with van der Waals surface area (Å²) in [5.41, 5.74) is 1.71. The molecule has 3 nitrogen and oxygen atoms in total. The molecule has 1 aromatic heterocycles. The largest absolute Gasteiger partial charge is 0.317 e. The number of benzene rings is 1.